The Bertz CT molecular complexity index is 447. The molecule has 6 heteroatoms. The van der Waals surface area contributed by atoms with E-state index in [1.165, 1.54) is 0 Å². The fraction of sp³-hybridized carbons (Fsp3) is 0.417. The molecule has 0 aromatic carbocycles. The van der Waals surface area contributed by atoms with Crippen LogP contribution in [0.5, 0.6) is 0 Å². The van der Waals surface area contributed by atoms with Crippen molar-refractivity contribution in [3.8, 4) is 0 Å². The van der Waals surface area contributed by atoms with Gasteiger partial charge in [0.1, 0.15) is 5.65 Å². The highest BCUT2D eigenvalue weighted by molar-refractivity contribution is 5.85. The van der Waals surface area contributed by atoms with E-state index in [1.54, 1.807) is 0 Å². The molecule has 100 valence electrons. The van der Waals surface area contributed by atoms with Gasteiger partial charge in [-0.05, 0) is 12.1 Å². The third-order valence-corrected chi connectivity index (χ3v) is 3.01. The molecule has 0 bridgehead atoms. The first-order valence-corrected chi connectivity index (χ1v) is 5.77. The number of halogens is 2. The second-order valence-corrected chi connectivity index (χ2v) is 4.22. The van der Waals surface area contributed by atoms with Crippen LogP contribution in [0.2, 0.25) is 0 Å². The van der Waals surface area contributed by atoms with Gasteiger partial charge in [-0.3, -0.25) is 4.90 Å². The Labute approximate surface area is 119 Å². The second-order valence-electron chi connectivity index (χ2n) is 4.22. The molecule has 0 saturated carbocycles. The lowest BCUT2D eigenvalue weighted by molar-refractivity contribution is 0.231. The van der Waals surface area contributed by atoms with Crippen LogP contribution in [-0.4, -0.2) is 40.5 Å². The van der Waals surface area contributed by atoms with E-state index < -0.39 is 0 Å². The molecule has 0 aliphatic carbocycles. The van der Waals surface area contributed by atoms with Crippen LogP contribution in [0.4, 0.5) is 0 Å². The van der Waals surface area contributed by atoms with E-state index in [4.69, 9.17) is 0 Å². The fourth-order valence-corrected chi connectivity index (χ4v) is 2.16. The first kappa shape index (κ1) is 15.2. The van der Waals surface area contributed by atoms with Gasteiger partial charge in [0, 0.05) is 45.1 Å². The van der Waals surface area contributed by atoms with Crippen molar-refractivity contribution in [1.82, 2.24) is 19.6 Å². The van der Waals surface area contributed by atoms with Crippen molar-refractivity contribution in [3.63, 3.8) is 0 Å². The molecule has 2 aromatic heterocycles. The molecule has 1 saturated heterocycles. The predicted molar refractivity (Wildman–Crippen MR) is 77.8 cm³/mol. The Balaban J connectivity index is 0.000000810. The van der Waals surface area contributed by atoms with Crippen LogP contribution in [-0.2, 0) is 6.54 Å². The molecular weight excluding hydrogens is 271 g/mol. The maximum absolute atomic E-state index is 4.61. The molecule has 0 amide bonds. The molecule has 18 heavy (non-hydrogen) atoms. The number of fused-ring (bicyclic) bond motifs is 1. The Hall–Kier alpha value is -0.810. The summed E-state index contributed by atoms with van der Waals surface area (Å²) in [6, 6.07) is 6.10. The molecule has 1 aliphatic heterocycles. The van der Waals surface area contributed by atoms with Crippen LogP contribution in [0.3, 0.4) is 0 Å². The summed E-state index contributed by atoms with van der Waals surface area (Å²) in [6.45, 7) is 5.38. The number of nitrogens with one attached hydrogen (secondary N) is 1. The zero-order valence-corrected chi connectivity index (χ0v) is 11.7. The number of aromatic nitrogens is 2. The van der Waals surface area contributed by atoms with E-state index in [-0.39, 0.29) is 24.8 Å². The molecule has 3 heterocycles. The predicted octanol–water partition coefficient (Wildman–Crippen LogP) is 1.58. The molecule has 1 aliphatic rings. The SMILES string of the molecule is Cl.Cl.c1ccn2cc(CN3CCNCC3)nc2c1. The van der Waals surface area contributed by atoms with E-state index in [0.29, 0.717) is 0 Å². The van der Waals surface area contributed by atoms with Gasteiger partial charge in [0.2, 0.25) is 0 Å². The lowest BCUT2D eigenvalue weighted by Crippen LogP contribution is -2.42. The van der Waals surface area contributed by atoms with E-state index in [9.17, 15) is 0 Å². The first-order valence-electron chi connectivity index (χ1n) is 5.77. The fourth-order valence-electron chi connectivity index (χ4n) is 2.16. The highest BCUT2D eigenvalue weighted by Crippen LogP contribution is 2.07. The number of pyridine rings is 1. The minimum atomic E-state index is 0. The molecule has 3 rings (SSSR count). The molecule has 0 unspecified atom stereocenters. The van der Waals surface area contributed by atoms with Gasteiger partial charge in [-0.15, -0.1) is 24.8 Å². The van der Waals surface area contributed by atoms with Gasteiger partial charge < -0.3 is 9.72 Å². The monoisotopic (exact) mass is 288 g/mol. The Kier molecular flexibility index (Phi) is 5.88. The van der Waals surface area contributed by atoms with Crippen molar-refractivity contribution >= 4 is 30.5 Å². The van der Waals surface area contributed by atoms with Crippen molar-refractivity contribution in [1.29, 1.82) is 0 Å². The zero-order chi connectivity index (χ0) is 10.8. The van der Waals surface area contributed by atoms with Gasteiger partial charge in [-0.25, -0.2) is 4.98 Å². The van der Waals surface area contributed by atoms with Crippen LogP contribution >= 0.6 is 24.8 Å². The van der Waals surface area contributed by atoms with Crippen LogP contribution < -0.4 is 5.32 Å². The molecule has 1 fully saturated rings. The molecule has 1 N–H and O–H groups in total. The summed E-state index contributed by atoms with van der Waals surface area (Å²) in [6.07, 6.45) is 4.17. The van der Waals surface area contributed by atoms with E-state index >= 15 is 0 Å². The smallest absolute Gasteiger partial charge is 0.137 e. The maximum Gasteiger partial charge on any atom is 0.137 e. The third-order valence-electron chi connectivity index (χ3n) is 3.01. The number of imidazole rings is 1. The second kappa shape index (κ2) is 6.95. The Morgan fingerprint density at radius 2 is 1.94 bits per heavy atom. The van der Waals surface area contributed by atoms with Crippen molar-refractivity contribution in [2.24, 2.45) is 0 Å². The third kappa shape index (κ3) is 3.36. The highest BCUT2D eigenvalue weighted by Gasteiger charge is 2.11. The average molecular weight is 289 g/mol. The van der Waals surface area contributed by atoms with Gasteiger partial charge in [0.15, 0.2) is 0 Å². The van der Waals surface area contributed by atoms with E-state index in [2.05, 4.69) is 25.8 Å². The number of nitrogens with zero attached hydrogens (tertiary/aromatic N) is 3. The largest absolute Gasteiger partial charge is 0.314 e. The van der Waals surface area contributed by atoms with E-state index in [0.717, 1.165) is 44.1 Å². The number of hydrogen-bond donors (Lipinski definition) is 1. The van der Waals surface area contributed by atoms with Gasteiger partial charge in [0.05, 0.1) is 5.69 Å². The lowest BCUT2D eigenvalue weighted by atomic mass is 10.3. The molecule has 4 nitrogen and oxygen atoms in total. The first-order chi connectivity index (χ1) is 7.92. The molecule has 0 atom stereocenters. The van der Waals surface area contributed by atoms with Crippen LogP contribution in [0.15, 0.2) is 30.6 Å². The topological polar surface area (TPSA) is 32.6 Å². The summed E-state index contributed by atoms with van der Waals surface area (Å²) in [4.78, 5) is 7.05. The minimum Gasteiger partial charge on any atom is -0.314 e. The van der Waals surface area contributed by atoms with Gasteiger partial charge in [-0.2, -0.15) is 0 Å². The molecule has 0 radical (unpaired) electrons. The number of rotatable bonds is 2. The molecule has 2 aromatic rings. The van der Waals surface area contributed by atoms with Crippen LogP contribution in [0.25, 0.3) is 5.65 Å². The summed E-state index contributed by atoms with van der Waals surface area (Å²) >= 11 is 0. The average Bonchev–Trinajstić information content (AvgIpc) is 2.72. The lowest BCUT2D eigenvalue weighted by Gasteiger charge is -2.26. The van der Waals surface area contributed by atoms with Crippen molar-refractivity contribution in [2.45, 2.75) is 6.54 Å². The standard InChI is InChI=1S/C12H16N4.2ClH/c1-2-6-16-10-11(14-12(16)3-1)9-15-7-4-13-5-8-15;;/h1-3,6,10,13H,4-5,7-9H2;2*1H. The normalized spacial score (nSPS) is 16.0. The summed E-state index contributed by atoms with van der Waals surface area (Å²) in [5, 5.41) is 3.36. The zero-order valence-electron chi connectivity index (χ0n) is 10.1. The summed E-state index contributed by atoms with van der Waals surface area (Å²) in [5.74, 6) is 0. The summed E-state index contributed by atoms with van der Waals surface area (Å²) in [7, 11) is 0. The Morgan fingerprint density at radius 3 is 2.67 bits per heavy atom. The molecule has 0 spiro atoms. The number of piperazine rings is 1. The van der Waals surface area contributed by atoms with Crippen LogP contribution in [0, 0.1) is 0 Å². The quantitative estimate of drug-likeness (QED) is 0.911. The van der Waals surface area contributed by atoms with Crippen molar-refractivity contribution in [3.05, 3.63) is 36.3 Å². The van der Waals surface area contributed by atoms with Crippen molar-refractivity contribution < 1.29 is 0 Å². The van der Waals surface area contributed by atoms with Gasteiger partial charge in [0.25, 0.3) is 0 Å². The van der Waals surface area contributed by atoms with Gasteiger partial charge in [-0.1, -0.05) is 6.07 Å². The van der Waals surface area contributed by atoms with E-state index in [1.807, 2.05) is 24.4 Å². The molecular formula is C12H18Cl2N4. The maximum atomic E-state index is 4.61. The highest BCUT2D eigenvalue weighted by atomic mass is 35.5. The van der Waals surface area contributed by atoms with Crippen molar-refractivity contribution in [2.75, 3.05) is 26.2 Å². The summed E-state index contributed by atoms with van der Waals surface area (Å²) in [5.41, 5.74) is 2.20. The minimum absolute atomic E-state index is 0. The van der Waals surface area contributed by atoms with Crippen LogP contribution in [0.1, 0.15) is 5.69 Å². The van der Waals surface area contributed by atoms with Gasteiger partial charge >= 0.3 is 0 Å². The summed E-state index contributed by atoms with van der Waals surface area (Å²) < 4.78 is 2.08. The number of hydrogen-bond acceptors (Lipinski definition) is 3. The Morgan fingerprint density at radius 1 is 1.17 bits per heavy atom.